The number of halogens is 1. The van der Waals surface area contributed by atoms with Gasteiger partial charge >= 0.3 is 0 Å². The fourth-order valence-corrected chi connectivity index (χ4v) is 3.76. The zero-order valence-corrected chi connectivity index (χ0v) is 15.5. The van der Waals surface area contributed by atoms with Gasteiger partial charge in [0.05, 0.1) is 17.1 Å². The summed E-state index contributed by atoms with van der Waals surface area (Å²) in [6.45, 7) is 0. The van der Waals surface area contributed by atoms with Crippen LogP contribution in [-0.4, -0.2) is 9.55 Å². The summed E-state index contributed by atoms with van der Waals surface area (Å²) in [7, 11) is 0. The normalized spacial score (nSPS) is 16.0. The molecule has 5 rings (SSSR count). The predicted octanol–water partition coefficient (Wildman–Crippen LogP) is 5.85. The third-order valence-corrected chi connectivity index (χ3v) is 5.27. The summed E-state index contributed by atoms with van der Waals surface area (Å²) < 4.78 is 3.35. The monoisotopic (exact) mass is 401 g/mol. The van der Waals surface area contributed by atoms with Crippen LogP contribution in [0.1, 0.15) is 17.2 Å². The van der Waals surface area contributed by atoms with Gasteiger partial charge in [-0.15, -0.1) is 0 Å². The van der Waals surface area contributed by atoms with Crippen molar-refractivity contribution in [3.8, 4) is 0 Å². The topological polar surface area (TPSA) is 29.9 Å². The minimum absolute atomic E-state index is 0.0851. The van der Waals surface area contributed by atoms with Crippen molar-refractivity contribution in [2.24, 2.45) is 0 Å². The van der Waals surface area contributed by atoms with Crippen molar-refractivity contribution in [2.75, 3.05) is 5.32 Å². The van der Waals surface area contributed by atoms with Gasteiger partial charge in [-0.1, -0.05) is 70.5 Å². The second-order valence-electron chi connectivity index (χ2n) is 6.36. The van der Waals surface area contributed by atoms with Gasteiger partial charge in [0.1, 0.15) is 0 Å². The molecule has 0 radical (unpaired) electrons. The summed E-state index contributed by atoms with van der Waals surface area (Å²) in [4.78, 5) is 4.82. The number of anilines is 1. The van der Waals surface area contributed by atoms with Crippen LogP contribution < -0.4 is 5.32 Å². The molecular formula is C22H16BrN3. The smallest absolute Gasteiger partial charge is 0.209 e. The van der Waals surface area contributed by atoms with E-state index in [1.54, 1.807) is 0 Å². The molecule has 0 saturated carbocycles. The fourth-order valence-electron chi connectivity index (χ4n) is 3.50. The number of hydrogen-bond donors (Lipinski definition) is 1. The molecule has 0 bridgehead atoms. The van der Waals surface area contributed by atoms with E-state index in [1.165, 1.54) is 5.56 Å². The number of rotatable bonds is 2. The maximum Gasteiger partial charge on any atom is 0.209 e. The van der Waals surface area contributed by atoms with E-state index in [-0.39, 0.29) is 6.04 Å². The fraction of sp³-hybridized carbons (Fsp3) is 0.0455. The van der Waals surface area contributed by atoms with Crippen LogP contribution in [0.5, 0.6) is 0 Å². The number of allylic oxidation sites excluding steroid dienone is 1. The van der Waals surface area contributed by atoms with E-state index in [2.05, 4.69) is 98.6 Å². The highest BCUT2D eigenvalue weighted by molar-refractivity contribution is 9.10. The minimum Gasteiger partial charge on any atom is -0.325 e. The van der Waals surface area contributed by atoms with Crippen LogP contribution >= 0.6 is 15.9 Å². The Morgan fingerprint density at radius 2 is 1.58 bits per heavy atom. The highest BCUT2D eigenvalue weighted by Gasteiger charge is 2.25. The molecule has 4 aromatic rings. The summed E-state index contributed by atoms with van der Waals surface area (Å²) in [6, 6.07) is 27.3. The van der Waals surface area contributed by atoms with Gasteiger partial charge in [-0.05, 0) is 41.5 Å². The molecule has 26 heavy (non-hydrogen) atoms. The lowest BCUT2D eigenvalue weighted by Gasteiger charge is -2.26. The Labute approximate surface area is 160 Å². The Bertz CT molecular complexity index is 1110. The first kappa shape index (κ1) is 15.4. The van der Waals surface area contributed by atoms with E-state index in [9.17, 15) is 0 Å². The predicted molar refractivity (Wildman–Crippen MR) is 110 cm³/mol. The number of para-hydroxylation sites is 2. The highest BCUT2D eigenvalue weighted by atomic mass is 79.9. The Morgan fingerprint density at radius 3 is 2.38 bits per heavy atom. The van der Waals surface area contributed by atoms with Gasteiger partial charge in [0, 0.05) is 10.2 Å². The van der Waals surface area contributed by atoms with Crippen molar-refractivity contribution >= 4 is 38.6 Å². The maximum absolute atomic E-state index is 4.82. The van der Waals surface area contributed by atoms with Gasteiger partial charge in [-0.25, -0.2) is 4.98 Å². The van der Waals surface area contributed by atoms with Crippen LogP contribution in [-0.2, 0) is 0 Å². The Hall–Kier alpha value is -2.85. The molecule has 0 spiro atoms. The molecule has 1 aliphatic heterocycles. The molecular weight excluding hydrogens is 386 g/mol. The zero-order chi connectivity index (χ0) is 17.5. The Morgan fingerprint density at radius 1 is 0.846 bits per heavy atom. The maximum atomic E-state index is 4.82. The first-order chi connectivity index (χ1) is 12.8. The molecule has 126 valence electrons. The SMILES string of the molecule is Brc1ccc([C@H]2C=C(c3ccccc3)Nc3nc4ccccc4n32)cc1. The van der Waals surface area contributed by atoms with Crippen LogP contribution in [0, 0.1) is 0 Å². The average molecular weight is 402 g/mol. The summed E-state index contributed by atoms with van der Waals surface area (Å²) in [5.41, 5.74) is 5.60. The third-order valence-electron chi connectivity index (χ3n) is 4.74. The molecule has 3 aromatic carbocycles. The molecule has 1 N–H and O–H groups in total. The quantitative estimate of drug-likeness (QED) is 0.456. The zero-order valence-electron chi connectivity index (χ0n) is 13.9. The van der Waals surface area contributed by atoms with Gasteiger partial charge in [-0.3, -0.25) is 4.57 Å². The molecule has 4 heteroatoms. The standard InChI is InChI=1S/C22H16BrN3/c23-17-12-10-16(11-13-17)21-14-19(15-6-2-1-3-7-15)25-22-24-18-8-4-5-9-20(18)26(21)22/h1-14,21H,(H,24,25)/t21-/m1/s1. The van der Waals surface area contributed by atoms with Crippen LogP contribution in [0.3, 0.4) is 0 Å². The second kappa shape index (κ2) is 6.15. The van der Waals surface area contributed by atoms with Crippen molar-refractivity contribution in [3.63, 3.8) is 0 Å². The molecule has 0 fully saturated rings. The number of hydrogen-bond acceptors (Lipinski definition) is 2. The van der Waals surface area contributed by atoms with Crippen LogP contribution in [0.4, 0.5) is 5.95 Å². The van der Waals surface area contributed by atoms with Crippen molar-refractivity contribution in [2.45, 2.75) is 6.04 Å². The molecule has 0 unspecified atom stereocenters. The number of benzene rings is 3. The van der Waals surface area contributed by atoms with Crippen molar-refractivity contribution < 1.29 is 0 Å². The first-order valence-corrected chi connectivity index (χ1v) is 9.35. The van der Waals surface area contributed by atoms with Gasteiger partial charge < -0.3 is 5.32 Å². The summed E-state index contributed by atoms with van der Waals surface area (Å²) >= 11 is 3.54. The van der Waals surface area contributed by atoms with Gasteiger partial charge in [0.15, 0.2) is 0 Å². The van der Waals surface area contributed by atoms with Crippen molar-refractivity contribution in [1.29, 1.82) is 0 Å². The molecule has 2 heterocycles. The molecule has 1 aromatic heterocycles. The van der Waals surface area contributed by atoms with Gasteiger partial charge in [-0.2, -0.15) is 0 Å². The van der Waals surface area contributed by atoms with E-state index in [4.69, 9.17) is 4.98 Å². The number of imidazole rings is 1. The number of nitrogens with one attached hydrogen (secondary N) is 1. The van der Waals surface area contributed by atoms with E-state index in [0.29, 0.717) is 0 Å². The number of nitrogens with zero attached hydrogens (tertiary/aromatic N) is 2. The molecule has 3 nitrogen and oxygen atoms in total. The van der Waals surface area contributed by atoms with E-state index in [0.717, 1.165) is 32.7 Å². The number of aromatic nitrogens is 2. The molecule has 0 saturated heterocycles. The molecule has 0 aliphatic carbocycles. The lowest BCUT2D eigenvalue weighted by atomic mass is 10.0. The molecule has 1 atom stereocenters. The molecule has 0 amide bonds. The summed E-state index contributed by atoms with van der Waals surface area (Å²) in [5, 5.41) is 3.52. The van der Waals surface area contributed by atoms with E-state index >= 15 is 0 Å². The van der Waals surface area contributed by atoms with Crippen molar-refractivity contribution in [3.05, 3.63) is 101 Å². The first-order valence-electron chi connectivity index (χ1n) is 8.56. The Kier molecular flexibility index (Phi) is 3.64. The van der Waals surface area contributed by atoms with Gasteiger partial charge in [0.25, 0.3) is 0 Å². The lowest BCUT2D eigenvalue weighted by Crippen LogP contribution is -2.19. The highest BCUT2D eigenvalue weighted by Crippen LogP contribution is 2.37. The van der Waals surface area contributed by atoms with E-state index in [1.807, 2.05) is 12.1 Å². The average Bonchev–Trinajstić information content (AvgIpc) is 3.07. The Balaban J connectivity index is 1.73. The lowest BCUT2D eigenvalue weighted by molar-refractivity contribution is 0.720. The van der Waals surface area contributed by atoms with Crippen LogP contribution in [0.15, 0.2) is 89.4 Å². The van der Waals surface area contributed by atoms with E-state index < -0.39 is 0 Å². The van der Waals surface area contributed by atoms with Crippen LogP contribution in [0.2, 0.25) is 0 Å². The minimum atomic E-state index is 0.0851. The third kappa shape index (κ3) is 2.54. The summed E-state index contributed by atoms with van der Waals surface area (Å²) in [5.74, 6) is 0.875. The largest absolute Gasteiger partial charge is 0.325 e. The van der Waals surface area contributed by atoms with Crippen molar-refractivity contribution in [1.82, 2.24) is 9.55 Å². The summed E-state index contributed by atoms with van der Waals surface area (Å²) in [6.07, 6.45) is 2.28. The molecule has 1 aliphatic rings. The second-order valence-corrected chi connectivity index (χ2v) is 7.28. The van der Waals surface area contributed by atoms with Crippen LogP contribution in [0.25, 0.3) is 16.7 Å². The van der Waals surface area contributed by atoms with Gasteiger partial charge in [0.2, 0.25) is 5.95 Å². The number of fused-ring (bicyclic) bond motifs is 3.